The molecule has 1 heterocycles. The van der Waals surface area contributed by atoms with E-state index in [1.807, 2.05) is 0 Å². The molecule has 2 heteroatoms. The Morgan fingerprint density at radius 3 is 2.47 bits per heavy atom. The van der Waals surface area contributed by atoms with Crippen LogP contribution in [0.2, 0.25) is 0 Å². The Kier molecular flexibility index (Phi) is 4.64. The lowest BCUT2D eigenvalue weighted by atomic mass is 9.86. The average molecular weight is 260 g/mol. The van der Waals surface area contributed by atoms with Crippen LogP contribution in [0.25, 0.3) is 0 Å². The van der Waals surface area contributed by atoms with Crippen molar-refractivity contribution in [3.8, 4) is 0 Å². The summed E-state index contributed by atoms with van der Waals surface area (Å²) < 4.78 is 0. The highest BCUT2D eigenvalue weighted by atomic mass is 15.1. The van der Waals surface area contributed by atoms with E-state index in [2.05, 4.69) is 49.9 Å². The maximum atomic E-state index is 6.02. The van der Waals surface area contributed by atoms with Crippen LogP contribution in [0.3, 0.4) is 0 Å². The Bertz CT molecular complexity index is 389. The number of piperidine rings is 1. The van der Waals surface area contributed by atoms with Crippen LogP contribution >= 0.6 is 0 Å². The normalized spacial score (nSPS) is 21.6. The predicted molar refractivity (Wildman–Crippen MR) is 82.5 cm³/mol. The van der Waals surface area contributed by atoms with E-state index in [0.717, 1.165) is 19.5 Å². The number of hydrogen-bond acceptors (Lipinski definition) is 2. The fraction of sp³-hybridized carbons (Fsp3) is 0.647. The van der Waals surface area contributed by atoms with Crippen molar-refractivity contribution in [1.29, 1.82) is 0 Å². The van der Waals surface area contributed by atoms with Crippen molar-refractivity contribution in [1.82, 2.24) is 4.90 Å². The summed E-state index contributed by atoms with van der Waals surface area (Å²) >= 11 is 0. The second-order valence-corrected chi connectivity index (χ2v) is 6.90. The zero-order valence-corrected chi connectivity index (χ0v) is 12.7. The monoisotopic (exact) mass is 260 g/mol. The smallest absolute Gasteiger partial charge is 0.0168 e. The molecule has 1 aliphatic heterocycles. The lowest BCUT2D eigenvalue weighted by Gasteiger charge is -2.30. The van der Waals surface area contributed by atoms with Crippen molar-refractivity contribution in [2.45, 2.75) is 51.5 Å². The summed E-state index contributed by atoms with van der Waals surface area (Å²) in [6.07, 6.45) is 3.58. The van der Waals surface area contributed by atoms with E-state index in [9.17, 15) is 0 Å². The molecule has 0 bridgehead atoms. The van der Waals surface area contributed by atoms with Gasteiger partial charge in [0.05, 0.1) is 0 Å². The largest absolute Gasteiger partial charge is 0.327 e. The van der Waals surface area contributed by atoms with E-state index in [1.54, 1.807) is 0 Å². The van der Waals surface area contributed by atoms with E-state index in [0.29, 0.717) is 6.04 Å². The van der Waals surface area contributed by atoms with E-state index in [1.165, 1.54) is 30.5 Å². The van der Waals surface area contributed by atoms with Crippen LogP contribution in [0.15, 0.2) is 24.3 Å². The molecular formula is C17H28N2. The minimum atomic E-state index is 0.248. The summed E-state index contributed by atoms with van der Waals surface area (Å²) in [6, 6.07) is 9.50. The molecule has 0 radical (unpaired) electrons. The first-order valence-electron chi connectivity index (χ1n) is 7.52. The number of nitrogens with zero attached hydrogens (tertiary/aromatic N) is 1. The number of rotatable bonds is 3. The SMILES string of the molecule is CC(C)(C)c1ccc(CCN2CCC[C@@H](N)C2)cc1. The highest BCUT2D eigenvalue weighted by Crippen LogP contribution is 2.22. The molecular weight excluding hydrogens is 232 g/mol. The van der Waals surface area contributed by atoms with E-state index < -0.39 is 0 Å². The highest BCUT2D eigenvalue weighted by molar-refractivity contribution is 5.27. The third-order valence-corrected chi connectivity index (χ3v) is 4.08. The zero-order valence-electron chi connectivity index (χ0n) is 12.7. The summed E-state index contributed by atoms with van der Waals surface area (Å²) in [7, 11) is 0. The molecule has 1 atom stereocenters. The van der Waals surface area contributed by atoms with Gasteiger partial charge in [0, 0.05) is 19.1 Å². The second-order valence-electron chi connectivity index (χ2n) is 6.90. The molecule has 0 saturated carbocycles. The molecule has 1 saturated heterocycles. The molecule has 0 spiro atoms. The van der Waals surface area contributed by atoms with E-state index in [-0.39, 0.29) is 5.41 Å². The number of benzene rings is 1. The van der Waals surface area contributed by atoms with Crippen LogP contribution in [0.5, 0.6) is 0 Å². The maximum absolute atomic E-state index is 6.02. The fourth-order valence-electron chi connectivity index (χ4n) is 2.75. The lowest BCUT2D eigenvalue weighted by molar-refractivity contribution is 0.211. The maximum Gasteiger partial charge on any atom is 0.0168 e. The fourth-order valence-corrected chi connectivity index (χ4v) is 2.75. The third-order valence-electron chi connectivity index (χ3n) is 4.08. The molecule has 0 aliphatic carbocycles. The van der Waals surface area contributed by atoms with Gasteiger partial charge >= 0.3 is 0 Å². The quantitative estimate of drug-likeness (QED) is 0.905. The average Bonchev–Trinajstić information content (AvgIpc) is 2.36. The minimum absolute atomic E-state index is 0.248. The number of hydrogen-bond donors (Lipinski definition) is 1. The molecule has 2 rings (SSSR count). The van der Waals surface area contributed by atoms with Gasteiger partial charge < -0.3 is 10.6 Å². The van der Waals surface area contributed by atoms with Crippen molar-refractivity contribution in [3.63, 3.8) is 0 Å². The topological polar surface area (TPSA) is 29.3 Å². The van der Waals surface area contributed by atoms with Crippen LogP contribution in [0.4, 0.5) is 0 Å². The molecule has 0 unspecified atom stereocenters. The highest BCUT2D eigenvalue weighted by Gasteiger charge is 2.16. The molecule has 1 aromatic carbocycles. The van der Waals surface area contributed by atoms with Gasteiger partial charge in [-0.15, -0.1) is 0 Å². The van der Waals surface area contributed by atoms with Crippen molar-refractivity contribution < 1.29 is 0 Å². The van der Waals surface area contributed by atoms with Gasteiger partial charge in [-0.3, -0.25) is 0 Å². The first kappa shape index (κ1) is 14.5. The first-order chi connectivity index (χ1) is 8.95. The molecule has 1 fully saturated rings. The molecule has 2 N–H and O–H groups in total. The van der Waals surface area contributed by atoms with E-state index in [4.69, 9.17) is 5.73 Å². The van der Waals surface area contributed by atoms with Gasteiger partial charge in [-0.25, -0.2) is 0 Å². The van der Waals surface area contributed by atoms with Crippen LogP contribution < -0.4 is 5.73 Å². The minimum Gasteiger partial charge on any atom is -0.327 e. The molecule has 19 heavy (non-hydrogen) atoms. The second kappa shape index (κ2) is 6.06. The Balaban J connectivity index is 1.86. The molecule has 2 nitrogen and oxygen atoms in total. The Morgan fingerprint density at radius 1 is 1.21 bits per heavy atom. The molecule has 0 amide bonds. The first-order valence-corrected chi connectivity index (χ1v) is 7.52. The Hall–Kier alpha value is -0.860. The van der Waals surface area contributed by atoms with Crippen LogP contribution in [-0.4, -0.2) is 30.6 Å². The van der Waals surface area contributed by atoms with Crippen molar-refractivity contribution >= 4 is 0 Å². The summed E-state index contributed by atoms with van der Waals surface area (Å²) in [5, 5.41) is 0. The summed E-state index contributed by atoms with van der Waals surface area (Å²) in [6.45, 7) is 10.2. The van der Waals surface area contributed by atoms with Gasteiger partial charge in [-0.2, -0.15) is 0 Å². The van der Waals surface area contributed by atoms with Gasteiger partial charge in [-0.05, 0) is 42.3 Å². The van der Waals surface area contributed by atoms with Gasteiger partial charge in [-0.1, -0.05) is 45.0 Å². The van der Waals surface area contributed by atoms with Crippen molar-refractivity contribution in [2.24, 2.45) is 5.73 Å². The molecule has 106 valence electrons. The Morgan fingerprint density at radius 2 is 1.89 bits per heavy atom. The number of nitrogens with two attached hydrogens (primary N) is 1. The van der Waals surface area contributed by atoms with Crippen molar-refractivity contribution in [2.75, 3.05) is 19.6 Å². The van der Waals surface area contributed by atoms with Gasteiger partial charge in [0.25, 0.3) is 0 Å². The molecule has 0 aromatic heterocycles. The molecule has 1 aliphatic rings. The third kappa shape index (κ3) is 4.32. The standard InChI is InChI=1S/C17H28N2/c1-17(2,3)15-8-6-14(7-9-15)10-12-19-11-4-5-16(18)13-19/h6-9,16H,4-5,10-13,18H2,1-3H3/t16-/m1/s1. The van der Waals surface area contributed by atoms with Crippen molar-refractivity contribution in [3.05, 3.63) is 35.4 Å². The zero-order chi connectivity index (χ0) is 13.9. The van der Waals surface area contributed by atoms with Gasteiger partial charge in [0.15, 0.2) is 0 Å². The summed E-state index contributed by atoms with van der Waals surface area (Å²) in [5.74, 6) is 0. The number of likely N-dealkylation sites (tertiary alicyclic amines) is 1. The van der Waals surface area contributed by atoms with Crippen LogP contribution in [0.1, 0.15) is 44.7 Å². The van der Waals surface area contributed by atoms with Crippen LogP contribution in [-0.2, 0) is 11.8 Å². The summed E-state index contributed by atoms with van der Waals surface area (Å²) in [4.78, 5) is 2.51. The van der Waals surface area contributed by atoms with Crippen LogP contribution in [0, 0.1) is 0 Å². The van der Waals surface area contributed by atoms with Gasteiger partial charge in [0.2, 0.25) is 0 Å². The molecule has 1 aromatic rings. The predicted octanol–water partition coefficient (Wildman–Crippen LogP) is 2.95. The lowest BCUT2D eigenvalue weighted by Crippen LogP contribution is -2.43. The summed E-state index contributed by atoms with van der Waals surface area (Å²) in [5.41, 5.74) is 9.12. The van der Waals surface area contributed by atoms with E-state index >= 15 is 0 Å². The Labute approximate surface area is 118 Å². The van der Waals surface area contributed by atoms with Gasteiger partial charge in [0.1, 0.15) is 0 Å².